The highest BCUT2D eigenvalue weighted by molar-refractivity contribution is 6.30. The van der Waals surface area contributed by atoms with Crippen molar-refractivity contribution in [3.05, 3.63) is 99.6 Å². The van der Waals surface area contributed by atoms with Crippen molar-refractivity contribution < 1.29 is 4.92 Å². The van der Waals surface area contributed by atoms with E-state index in [1.54, 1.807) is 35.2 Å². The Hall–Kier alpha value is -4.41. The topological polar surface area (TPSA) is 98.8 Å². The molecule has 0 spiro atoms. The van der Waals surface area contributed by atoms with Gasteiger partial charge in [0.05, 0.1) is 21.5 Å². The van der Waals surface area contributed by atoms with Crippen LogP contribution in [0.3, 0.4) is 0 Å². The van der Waals surface area contributed by atoms with Gasteiger partial charge in [0.2, 0.25) is 0 Å². The number of aromatic nitrogens is 2. The zero-order chi connectivity index (χ0) is 22.2. The van der Waals surface area contributed by atoms with E-state index in [0.29, 0.717) is 27.8 Å². The number of aromatic amines is 1. The van der Waals surface area contributed by atoms with Crippen molar-refractivity contribution in [3.8, 4) is 6.07 Å². The highest BCUT2D eigenvalue weighted by Crippen LogP contribution is 2.38. The molecule has 2 aromatic heterocycles. The molecule has 0 aliphatic rings. The van der Waals surface area contributed by atoms with E-state index >= 15 is 0 Å². The molecule has 0 unspecified atom stereocenters. The van der Waals surface area contributed by atoms with Crippen molar-refractivity contribution in [3.63, 3.8) is 0 Å². The van der Waals surface area contributed by atoms with Gasteiger partial charge < -0.3 is 4.98 Å². The largest absolute Gasteiger partial charge is 0.353 e. The maximum absolute atomic E-state index is 11.1. The number of nitro groups is 1. The van der Waals surface area contributed by atoms with Crippen LogP contribution in [0.1, 0.15) is 5.56 Å². The summed E-state index contributed by atoms with van der Waals surface area (Å²) in [6, 6.07) is 25.0. The van der Waals surface area contributed by atoms with Crippen molar-refractivity contribution in [2.24, 2.45) is 0 Å². The molecule has 0 amide bonds. The Labute approximate surface area is 187 Å². The zero-order valence-electron chi connectivity index (χ0n) is 16.5. The molecule has 8 heteroatoms. The molecule has 0 fully saturated rings. The van der Waals surface area contributed by atoms with E-state index in [1.165, 1.54) is 12.1 Å². The normalized spacial score (nSPS) is 10.9. The summed E-state index contributed by atoms with van der Waals surface area (Å²) in [5, 5.41) is 22.5. The second-order valence-electron chi connectivity index (χ2n) is 7.12. The minimum atomic E-state index is -0.451. The van der Waals surface area contributed by atoms with Gasteiger partial charge >= 0.3 is 0 Å². The monoisotopic (exact) mass is 439 g/mol. The molecule has 0 atom stereocenters. The molecule has 2 heterocycles. The lowest BCUT2D eigenvalue weighted by atomic mass is 10.1. The van der Waals surface area contributed by atoms with Gasteiger partial charge in [-0.1, -0.05) is 29.8 Å². The number of H-pyrrole nitrogens is 1. The Kier molecular flexibility index (Phi) is 4.70. The van der Waals surface area contributed by atoms with E-state index < -0.39 is 4.92 Å². The van der Waals surface area contributed by atoms with Crippen molar-refractivity contribution in [1.29, 1.82) is 5.26 Å². The molecule has 0 aliphatic carbocycles. The molecule has 0 saturated heterocycles. The number of nitro benzene ring substituents is 1. The number of halogens is 1. The lowest BCUT2D eigenvalue weighted by molar-refractivity contribution is -0.384. The first-order chi connectivity index (χ1) is 15.5. The Bertz CT molecular complexity index is 1520. The Morgan fingerprint density at radius 3 is 2.28 bits per heavy atom. The first-order valence-electron chi connectivity index (χ1n) is 9.67. The maximum Gasteiger partial charge on any atom is 0.269 e. The number of nitriles is 1. The molecule has 5 rings (SSSR count). The Balaban J connectivity index is 1.78. The number of hydrogen-bond donors (Lipinski definition) is 1. The molecular weight excluding hydrogens is 426 g/mol. The van der Waals surface area contributed by atoms with Gasteiger partial charge in [-0.2, -0.15) is 5.26 Å². The third-order valence-electron chi connectivity index (χ3n) is 5.19. The summed E-state index contributed by atoms with van der Waals surface area (Å²) in [4.78, 5) is 20.6. The molecule has 0 radical (unpaired) electrons. The van der Waals surface area contributed by atoms with Crippen LogP contribution >= 0.6 is 11.6 Å². The first-order valence-corrected chi connectivity index (χ1v) is 10.0. The number of anilines is 3. The van der Waals surface area contributed by atoms with Crippen molar-refractivity contribution >= 4 is 56.4 Å². The summed E-state index contributed by atoms with van der Waals surface area (Å²) >= 11 is 6.09. The summed E-state index contributed by atoms with van der Waals surface area (Å²) in [7, 11) is 0. The minimum Gasteiger partial charge on any atom is -0.353 e. The van der Waals surface area contributed by atoms with Crippen LogP contribution in [0, 0.1) is 21.4 Å². The van der Waals surface area contributed by atoms with Crippen LogP contribution in [0.2, 0.25) is 5.02 Å². The number of nitrogens with one attached hydrogen (secondary N) is 1. The number of hydrogen-bond acceptors (Lipinski definition) is 5. The highest BCUT2D eigenvalue weighted by atomic mass is 35.5. The van der Waals surface area contributed by atoms with Gasteiger partial charge in [-0.15, -0.1) is 0 Å². The SMILES string of the molecule is N#Cc1cc2[nH]c3ccccc3c2nc1N(c1ccc(Cl)cc1)c1ccc([N+](=O)[O-])cc1. The van der Waals surface area contributed by atoms with Gasteiger partial charge in [0.1, 0.15) is 6.07 Å². The number of para-hydroxylation sites is 1. The van der Waals surface area contributed by atoms with Crippen LogP contribution < -0.4 is 4.90 Å². The lowest BCUT2D eigenvalue weighted by Crippen LogP contribution is -2.13. The molecule has 0 saturated carbocycles. The van der Waals surface area contributed by atoms with E-state index in [4.69, 9.17) is 16.6 Å². The van der Waals surface area contributed by atoms with E-state index in [2.05, 4.69) is 11.1 Å². The number of rotatable bonds is 4. The van der Waals surface area contributed by atoms with E-state index in [1.807, 2.05) is 36.4 Å². The number of non-ortho nitro benzene ring substituents is 1. The van der Waals surface area contributed by atoms with Crippen molar-refractivity contribution in [1.82, 2.24) is 9.97 Å². The van der Waals surface area contributed by atoms with Gasteiger partial charge in [0.15, 0.2) is 5.82 Å². The molecule has 0 aliphatic heterocycles. The van der Waals surface area contributed by atoms with Gasteiger partial charge in [0.25, 0.3) is 5.69 Å². The second-order valence-corrected chi connectivity index (χ2v) is 7.56. The fraction of sp³-hybridized carbons (Fsp3) is 0. The molecule has 0 bridgehead atoms. The van der Waals surface area contributed by atoms with Crippen molar-refractivity contribution in [2.75, 3.05) is 4.90 Å². The average Bonchev–Trinajstić information content (AvgIpc) is 3.18. The summed E-state index contributed by atoms with van der Waals surface area (Å²) in [5.74, 6) is 0.418. The summed E-state index contributed by atoms with van der Waals surface area (Å²) < 4.78 is 0. The third-order valence-corrected chi connectivity index (χ3v) is 5.44. The van der Waals surface area contributed by atoms with E-state index in [-0.39, 0.29) is 5.69 Å². The van der Waals surface area contributed by atoms with Gasteiger partial charge in [-0.05, 0) is 48.5 Å². The van der Waals surface area contributed by atoms with Crippen LogP contribution in [0.25, 0.3) is 21.9 Å². The van der Waals surface area contributed by atoms with Gasteiger partial charge in [0, 0.05) is 39.4 Å². The summed E-state index contributed by atoms with van der Waals surface area (Å²) in [6.07, 6.45) is 0. The third kappa shape index (κ3) is 3.29. The van der Waals surface area contributed by atoms with Crippen LogP contribution in [0.15, 0.2) is 78.9 Å². The molecule has 5 aromatic rings. The average molecular weight is 440 g/mol. The predicted octanol–water partition coefficient (Wildman–Crippen LogP) is 6.62. The molecule has 1 N–H and O–H groups in total. The van der Waals surface area contributed by atoms with E-state index in [0.717, 1.165) is 21.9 Å². The second kappa shape index (κ2) is 7.69. The van der Waals surface area contributed by atoms with Crippen LogP contribution in [0.4, 0.5) is 22.9 Å². The predicted molar refractivity (Wildman–Crippen MR) is 125 cm³/mol. The van der Waals surface area contributed by atoms with Crippen molar-refractivity contribution in [2.45, 2.75) is 0 Å². The molecule has 7 nitrogen and oxygen atoms in total. The summed E-state index contributed by atoms with van der Waals surface area (Å²) in [6.45, 7) is 0. The number of fused-ring (bicyclic) bond motifs is 3. The van der Waals surface area contributed by atoms with Crippen LogP contribution in [-0.4, -0.2) is 14.9 Å². The quantitative estimate of drug-likeness (QED) is 0.250. The highest BCUT2D eigenvalue weighted by Gasteiger charge is 2.21. The number of nitrogens with zero attached hydrogens (tertiary/aromatic N) is 4. The van der Waals surface area contributed by atoms with Gasteiger partial charge in [-0.25, -0.2) is 4.98 Å². The molecule has 154 valence electrons. The summed E-state index contributed by atoms with van der Waals surface area (Å²) in [5.41, 5.74) is 4.08. The zero-order valence-corrected chi connectivity index (χ0v) is 17.2. The Morgan fingerprint density at radius 1 is 0.969 bits per heavy atom. The smallest absolute Gasteiger partial charge is 0.269 e. The fourth-order valence-electron chi connectivity index (χ4n) is 3.71. The molecule has 3 aromatic carbocycles. The number of benzene rings is 3. The van der Waals surface area contributed by atoms with Gasteiger partial charge in [-0.3, -0.25) is 15.0 Å². The fourth-order valence-corrected chi connectivity index (χ4v) is 3.83. The van der Waals surface area contributed by atoms with Crippen LogP contribution in [-0.2, 0) is 0 Å². The first kappa shape index (κ1) is 19.5. The maximum atomic E-state index is 11.1. The molecular formula is C24H14ClN5O2. The lowest BCUT2D eigenvalue weighted by Gasteiger charge is -2.25. The molecule has 32 heavy (non-hydrogen) atoms. The Morgan fingerprint density at radius 2 is 1.62 bits per heavy atom. The minimum absolute atomic E-state index is 0.0228. The van der Waals surface area contributed by atoms with Crippen LogP contribution in [0.5, 0.6) is 0 Å². The standard InChI is InChI=1S/C24H14ClN5O2/c25-16-5-7-17(8-6-16)29(18-9-11-19(12-10-18)30(31)32)24-15(14-26)13-22-23(28-24)20-3-1-2-4-21(20)27-22/h1-13,27H. The van der Waals surface area contributed by atoms with E-state index in [9.17, 15) is 15.4 Å². The number of pyridine rings is 1.